The van der Waals surface area contributed by atoms with Crippen LogP contribution < -0.4 is 24.0 Å². The van der Waals surface area contributed by atoms with Crippen LogP contribution in [0.5, 0.6) is 23.0 Å². The molecule has 5 rings (SSSR count). The van der Waals surface area contributed by atoms with E-state index in [2.05, 4.69) is 9.80 Å². The Bertz CT molecular complexity index is 1700. The summed E-state index contributed by atoms with van der Waals surface area (Å²) >= 11 is 0. The number of nitrogens with one attached hydrogen (secondary N) is 1. The van der Waals surface area contributed by atoms with E-state index < -0.39 is 26.7 Å². The summed E-state index contributed by atoms with van der Waals surface area (Å²) < 4.78 is 50.7. The number of ketones is 1. The van der Waals surface area contributed by atoms with Gasteiger partial charge in [0.05, 0.1) is 32.8 Å². The molecular formula is C37H49N3O8S. The van der Waals surface area contributed by atoms with Gasteiger partial charge in [-0.15, -0.1) is 0 Å². The number of Topliss-reactive ketones (excluding diaryl/α,β-unsaturated/α-hetero) is 1. The number of methoxy groups -OCH3 is 3. The van der Waals surface area contributed by atoms with Gasteiger partial charge in [0.15, 0.2) is 17.3 Å². The van der Waals surface area contributed by atoms with Gasteiger partial charge in [0.2, 0.25) is 20.5 Å². The summed E-state index contributed by atoms with van der Waals surface area (Å²) in [5.74, 6) is 1.47. The van der Waals surface area contributed by atoms with E-state index in [0.29, 0.717) is 59.3 Å². The molecule has 0 amide bonds. The van der Waals surface area contributed by atoms with Crippen molar-refractivity contribution in [2.45, 2.75) is 49.4 Å². The van der Waals surface area contributed by atoms with Crippen LogP contribution >= 0.6 is 0 Å². The van der Waals surface area contributed by atoms with Crippen LogP contribution in [0.3, 0.4) is 0 Å². The third-order valence-electron chi connectivity index (χ3n) is 9.93. The van der Waals surface area contributed by atoms with Gasteiger partial charge in [0, 0.05) is 68.3 Å². The zero-order valence-corrected chi connectivity index (χ0v) is 30.2. The molecule has 0 bridgehead atoms. The Hall–Kier alpha value is -3.68. The van der Waals surface area contributed by atoms with Crippen LogP contribution in [0.15, 0.2) is 65.6 Å². The highest BCUT2D eigenvalue weighted by Gasteiger charge is 2.60. The number of carbonyl (C=O) groups excluding carboxylic acids is 1. The van der Waals surface area contributed by atoms with Crippen molar-refractivity contribution in [2.75, 3.05) is 67.2 Å². The van der Waals surface area contributed by atoms with E-state index in [4.69, 9.17) is 18.9 Å². The highest BCUT2D eigenvalue weighted by Crippen LogP contribution is 2.44. The number of hydrogen-bond donors (Lipinski definition) is 1. The fraction of sp³-hybridized carbons (Fsp3) is 0.486. The number of rotatable bonds is 14. The summed E-state index contributed by atoms with van der Waals surface area (Å²) in [5, 5.41) is 13.7. The maximum absolute atomic E-state index is 14.2. The highest BCUT2D eigenvalue weighted by molar-refractivity contribution is 7.92. The van der Waals surface area contributed by atoms with Gasteiger partial charge in [-0.05, 0) is 43.7 Å². The average molecular weight is 696 g/mol. The summed E-state index contributed by atoms with van der Waals surface area (Å²) in [7, 11) is 0.581. The van der Waals surface area contributed by atoms with Crippen molar-refractivity contribution < 1.29 is 37.2 Å². The topological polar surface area (TPSA) is 122 Å². The third kappa shape index (κ3) is 7.02. The molecule has 266 valence electrons. The molecule has 3 aromatic rings. The molecule has 3 atom stereocenters. The van der Waals surface area contributed by atoms with E-state index in [9.17, 15) is 18.4 Å². The predicted octanol–water partition coefficient (Wildman–Crippen LogP) is 4.11. The third-order valence-corrected chi connectivity index (χ3v) is 12.6. The predicted molar refractivity (Wildman–Crippen MR) is 187 cm³/mol. The van der Waals surface area contributed by atoms with Gasteiger partial charge in [-0.3, -0.25) is 4.79 Å². The molecule has 0 saturated carbocycles. The summed E-state index contributed by atoms with van der Waals surface area (Å²) in [5.41, 5.74) is 1.54. The molecule has 0 aromatic heterocycles. The average Bonchev–Trinajstić information content (AvgIpc) is 3.11. The zero-order chi connectivity index (χ0) is 35.3. The van der Waals surface area contributed by atoms with E-state index >= 15 is 0 Å². The maximum Gasteiger partial charge on any atom is 0.239 e. The minimum absolute atomic E-state index is 0.0204. The Morgan fingerprint density at radius 2 is 1.55 bits per heavy atom. The van der Waals surface area contributed by atoms with Gasteiger partial charge in [-0.2, -0.15) is 0 Å². The number of hydroxylamine groups is 2. The van der Waals surface area contributed by atoms with Gasteiger partial charge in [-0.1, -0.05) is 44.2 Å². The van der Waals surface area contributed by atoms with E-state index in [0.717, 1.165) is 39.1 Å². The Labute approximate surface area is 290 Å². The summed E-state index contributed by atoms with van der Waals surface area (Å²) in [4.78, 5) is 16.2. The van der Waals surface area contributed by atoms with Crippen LogP contribution in [0, 0.1) is 11.1 Å². The molecule has 1 saturated heterocycles. The second kappa shape index (κ2) is 15.5. The van der Waals surface area contributed by atoms with Crippen LogP contribution in [0.4, 0.5) is 0 Å². The Kier molecular flexibility index (Phi) is 11.6. The Morgan fingerprint density at radius 3 is 2.16 bits per heavy atom. The Morgan fingerprint density at radius 1 is 0.918 bits per heavy atom. The first kappa shape index (κ1) is 36.6. The number of hydrogen-bond acceptors (Lipinski definition) is 10. The molecule has 2 aliphatic heterocycles. The van der Waals surface area contributed by atoms with Gasteiger partial charge < -0.3 is 39.0 Å². The lowest BCUT2D eigenvalue weighted by atomic mass is 9.92. The van der Waals surface area contributed by atoms with Crippen molar-refractivity contribution in [3.05, 3.63) is 82.6 Å². The highest BCUT2D eigenvalue weighted by atomic mass is 32.2. The quantitative estimate of drug-likeness (QED) is 0.150. The Balaban J connectivity index is 1.13. The van der Waals surface area contributed by atoms with Crippen molar-refractivity contribution in [2.24, 2.45) is 5.92 Å². The number of carbonyl (C=O) groups is 1. The smallest absolute Gasteiger partial charge is 0.239 e. The van der Waals surface area contributed by atoms with Crippen molar-refractivity contribution in [1.29, 1.82) is 0 Å². The van der Waals surface area contributed by atoms with Crippen LogP contribution in [0.1, 0.15) is 61.1 Å². The summed E-state index contributed by atoms with van der Waals surface area (Å²) in [6, 6.07) is 16.7. The molecule has 2 aliphatic rings. The lowest BCUT2D eigenvalue weighted by Crippen LogP contribution is -3.17. The molecule has 3 unspecified atom stereocenters. The lowest BCUT2D eigenvalue weighted by Gasteiger charge is -2.51. The molecular weight excluding hydrogens is 646 g/mol. The molecule has 12 heteroatoms. The SMILES string of the molecule is COc1cc(C(=O)CCN2CCN(CCCOc3cccc(C4(C(C)C)[NH+]([O-])C(C)c5ccccc5S4(=O)=O)c3)CC2)cc(OC)c1OC. The lowest BCUT2D eigenvalue weighted by molar-refractivity contribution is -0.931. The molecule has 1 N–H and O–H groups in total. The molecule has 49 heavy (non-hydrogen) atoms. The molecule has 11 nitrogen and oxygen atoms in total. The van der Waals surface area contributed by atoms with Crippen molar-refractivity contribution in [3.63, 3.8) is 0 Å². The number of benzene rings is 3. The molecule has 3 aromatic carbocycles. The summed E-state index contributed by atoms with van der Waals surface area (Å²) in [6.45, 7) is 10.9. The number of piperazine rings is 1. The van der Waals surface area contributed by atoms with E-state index in [1.807, 2.05) is 6.07 Å². The van der Waals surface area contributed by atoms with Crippen LogP contribution in [0.2, 0.25) is 0 Å². The van der Waals surface area contributed by atoms with E-state index in [1.54, 1.807) is 75.4 Å². The van der Waals surface area contributed by atoms with E-state index in [1.165, 1.54) is 21.3 Å². The fourth-order valence-electron chi connectivity index (χ4n) is 7.25. The first-order valence-electron chi connectivity index (χ1n) is 16.9. The van der Waals surface area contributed by atoms with Gasteiger partial charge >= 0.3 is 0 Å². The molecule has 0 aliphatic carbocycles. The van der Waals surface area contributed by atoms with Crippen molar-refractivity contribution >= 4 is 15.6 Å². The van der Waals surface area contributed by atoms with Crippen LogP contribution in [-0.4, -0.2) is 91.2 Å². The number of fused-ring (bicyclic) bond motifs is 1. The van der Waals surface area contributed by atoms with Crippen molar-refractivity contribution in [3.8, 4) is 23.0 Å². The first-order valence-corrected chi connectivity index (χ1v) is 18.4. The standard InChI is InChI=1S/C37H49N3O8S/c1-26(2)37(40(42)27(3)31-13-7-8-14-35(31)49(37,43)44)29-11-9-12-30(25-29)48-22-10-16-38-18-20-39(21-19-38)17-15-32(41)28-23-33(45-4)36(47-6)34(24-28)46-5/h7-9,11-14,23-27,40H,10,15-22H2,1-6H3. The molecule has 2 heterocycles. The van der Waals surface area contributed by atoms with Crippen LogP contribution in [-0.2, 0) is 14.7 Å². The monoisotopic (exact) mass is 695 g/mol. The largest absolute Gasteiger partial charge is 0.632 e. The number of sulfone groups is 1. The van der Waals surface area contributed by atoms with E-state index in [-0.39, 0.29) is 15.7 Å². The van der Waals surface area contributed by atoms with Crippen molar-refractivity contribution in [1.82, 2.24) is 9.80 Å². The fourth-order valence-corrected chi connectivity index (χ4v) is 9.91. The molecule has 0 spiro atoms. The van der Waals surface area contributed by atoms with Crippen LogP contribution in [0.25, 0.3) is 0 Å². The van der Waals surface area contributed by atoms with Gasteiger partial charge in [-0.25, -0.2) is 8.42 Å². The number of nitrogens with zero attached hydrogens (tertiary/aromatic N) is 2. The normalized spacial score (nSPS) is 22.4. The minimum atomic E-state index is -4.02. The number of quaternary nitrogens is 1. The van der Waals surface area contributed by atoms with Gasteiger partial charge in [0.25, 0.3) is 0 Å². The van der Waals surface area contributed by atoms with Gasteiger partial charge in [0.1, 0.15) is 11.8 Å². The second-order valence-corrected chi connectivity index (χ2v) is 15.1. The maximum atomic E-state index is 14.2. The minimum Gasteiger partial charge on any atom is -0.632 e. The second-order valence-electron chi connectivity index (χ2n) is 13.0. The zero-order valence-electron chi connectivity index (χ0n) is 29.4. The first-order chi connectivity index (χ1) is 23.5. The molecule has 0 radical (unpaired) electrons. The summed E-state index contributed by atoms with van der Waals surface area (Å²) in [6.07, 6.45) is 1.18. The molecule has 1 fully saturated rings. The number of ether oxygens (including phenoxy) is 4.